The van der Waals surface area contributed by atoms with Crippen molar-refractivity contribution in [3.05, 3.63) is 53.2 Å². The van der Waals surface area contributed by atoms with Crippen LogP contribution in [0, 0.1) is 0 Å². The molecule has 3 heterocycles. The number of nitrogens with one attached hydrogen (secondary N) is 2. The Hall–Kier alpha value is -2.50. The Bertz CT molecular complexity index is 1040. The molecule has 1 aromatic heterocycles. The Morgan fingerprint density at radius 2 is 2.18 bits per heavy atom. The van der Waals surface area contributed by atoms with E-state index in [0.717, 1.165) is 52.6 Å². The van der Waals surface area contributed by atoms with Crippen molar-refractivity contribution in [2.45, 2.75) is 31.5 Å². The summed E-state index contributed by atoms with van der Waals surface area (Å²) in [5.41, 5.74) is 4.22. The van der Waals surface area contributed by atoms with Gasteiger partial charge in [-0.2, -0.15) is 0 Å². The van der Waals surface area contributed by atoms with Gasteiger partial charge in [-0.3, -0.25) is 4.79 Å². The van der Waals surface area contributed by atoms with Gasteiger partial charge in [0, 0.05) is 40.9 Å². The van der Waals surface area contributed by atoms with Crippen LogP contribution in [0.1, 0.15) is 18.4 Å². The lowest BCUT2D eigenvalue weighted by molar-refractivity contribution is -0.130. The number of halogens is 1. The number of benzene rings is 2. The number of fused-ring (bicyclic) bond motifs is 2. The van der Waals surface area contributed by atoms with Crippen LogP contribution in [0.15, 0.2) is 42.6 Å². The lowest BCUT2D eigenvalue weighted by atomic mass is 9.99. The van der Waals surface area contributed by atoms with Gasteiger partial charge in [-0.25, -0.2) is 0 Å². The van der Waals surface area contributed by atoms with Gasteiger partial charge < -0.3 is 19.8 Å². The molecule has 6 heteroatoms. The topological polar surface area (TPSA) is 63.4 Å². The molecule has 0 spiro atoms. The van der Waals surface area contributed by atoms with Crippen LogP contribution in [-0.4, -0.2) is 36.3 Å². The molecule has 0 saturated carbocycles. The molecule has 0 bridgehead atoms. The normalized spacial score (nSPS) is 20.9. The summed E-state index contributed by atoms with van der Waals surface area (Å²) in [6.45, 7) is 1.12. The van der Waals surface area contributed by atoms with Crippen LogP contribution in [0.2, 0.25) is 5.02 Å². The van der Waals surface area contributed by atoms with Crippen LogP contribution in [0.3, 0.4) is 0 Å². The van der Waals surface area contributed by atoms with E-state index >= 15 is 0 Å². The SMILES string of the molecule is O=C(NCC1Cc2cc(Cl)cc(-c3ccc4[nH]ccc4c3)c2O1)C1CCCO1. The molecular formula is C22H21ClN2O3. The van der Waals surface area contributed by atoms with E-state index in [1.54, 1.807) is 0 Å². The van der Waals surface area contributed by atoms with E-state index in [2.05, 4.69) is 28.5 Å². The molecule has 2 aromatic carbocycles. The van der Waals surface area contributed by atoms with Crippen LogP contribution < -0.4 is 10.1 Å². The van der Waals surface area contributed by atoms with Gasteiger partial charge in [-0.15, -0.1) is 0 Å². The largest absolute Gasteiger partial charge is 0.487 e. The number of amides is 1. The van der Waals surface area contributed by atoms with Gasteiger partial charge >= 0.3 is 0 Å². The number of H-pyrrole nitrogens is 1. The first kappa shape index (κ1) is 17.6. The van der Waals surface area contributed by atoms with Crippen molar-refractivity contribution in [3.63, 3.8) is 0 Å². The van der Waals surface area contributed by atoms with Crippen molar-refractivity contribution in [2.24, 2.45) is 0 Å². The van der Waals surface area contributed by atoms with Crippen molar-refractivity contribution in [1.82, 2.24) is 10.3 Å². The molecule has 28 heavy (non-hydrogen) atoms. The second-order valence-electron chi connectivity index (χ2n) is 7.41. The van der Waals surface area contributed by atoms with Gasteiger partial charge in [0.1, 0.15) is 18.0 Å². The third-order valence-corrected chi connectivity index (χ3v) is 5.67. The molecule has 5 nitrogen and oxygen atoms in total. The zero-order valence-electron chi connectivity index (χ0n) is 15.3. The van der Waals surface area contributed by atoms with Crippen LogP contribution in [-0.2, 0) is 16.0 Å². The highest BCUT2D eigenvalue weighted by Crippen LogP contribution is 2.41. The van der Waals surface area contributed by atoms with E-state index in [9.17, 15) is 4.79 Å². The molecular weight excluding hydrogens is 376 g/mol. The highest BCUT2D eigenvalue weighted by Gasteiger charge is 2.29. The van der Waals surface area contributed by atoms with E-state index < -0.39 is 0 Å². The standard InChI is InChI=1S/C22H21ClN2O3/c23-16-9-15-10-17(12-25-22(26)20-2-1-7-27-20)28-21(15)18(11-16)13-3-4-19-14(8-13)5-6-24-19/h3-6,8-9,11,17,20,24H,1-2,7,10,12H2,(H,25,26). The average Bonchev–Trinajstić information content (AvgIpc) is 3.44. The van der Waals surface area contributed by atoms with E-state index in [4.69, 9.17) is 21.1 Å². The summed E-state index contributed by atoms with van der Waals surface area (Å²) < 4.78 is 11.7. The molecule has 0 aliphatic carbocycles. The highest BCUT2D eigenvalue weighted by molar-refractivity contribution is 6.31. The third kappa shape index (κ3) is 3.25. The molecule has 2 aliphatic heterocycles. The predicted molar refractivity (Wildman–Crippen MR) is 109 cm³/mol. The zero-order chi connectivity index (χ0) is 19.1. The highest BCUT2D eigenvalue weighted by atomic mass is 35.5. The van der Waals surface area contributed by atoms with Crippen molar-refractivity contribution in [1.29, 1.82) is 0 Å². The molecule has 2 aliphatic rings. The summed E-state index contributed by atoms with van der Waals surface area (Å²) in [4.78, 5) is 15.4. The molecule has 144 valence electrons. The van der Waals surface area contributed by atoms with Crippen LogP contribution in [0.25, 0.3) is 22.0 Å². The maximum absolute atomic E-state index is 12.2. The number of aromatic nitrogens is 1. The van der Waals surface area contributed by atoms with Gasteiger partial charge in [0.05, 0.1) is 6.54 Å². The molecule has 2 atom stereocenters. The maximum atomic E-state index is 12.2. The van der Waals surface area contributed by atoms with E-state index in [1.807, 2.05) is 24.4 Å². The van der Waals surface area contributed by atoms with Crippen molar-refractivity contribution in [3.8, 4) is 16.9 Å². The minimum atomic E-state index is -0.318. The summed E-state index contributed by atoms with van der Waals surface area (Å²) >= 11 is 6.39. The molecule has 1 saturated heterocycles. The first-order valence-corrected chi connectivity index (χ1v) is 10.0. The summed E-state index contributed by atoms with van der Waals surface area (Å²) in [5.74, 6) is 0.809. The first-order chi connectivity index (χ1) is 13.7. The van der Waals surface area contributed by atoms with Gasteiger partial charge in [0.2, 0.25) is 5.91 Å². The van der Waals surface area contributed by atoms with Crippen molar-refractivity contribution in [2.75, 3.05) is 13.2 Å². The van der Waals surface area contributed by atoms with E-state index in [-0.39, 0.29) is 18.1 Å². The number of hydrogen-bond donors (Lipinski definition) is 2. The summed E-state index contributed by atoms with van der Waals surface area (Å²) in [7, 11) is 0. The lowest BCUT2D eigenvalue weighted by Crippen LogP contribution is -2.40. The second-order valence-corrected chi connectivity index (χ2v) is 7.85. The molecule has 1 fully saturated rings. The van der Waals surface area contributed by atoms with Crippen LogP contribution >= 0.6 is 11.6 Å². The maximum Gasteiger partial charge on any atom is 0.249 e. The minimum Gasteiger partial charge on any atom is -0.487 e. The van der Waals surface area contributed by atoms with Gasteiger partial charge in [-0.1, -0.05) is 17.7 Å². The fourth-order valence-electron chi connectivity index (χ4n) is 4.06. The molecule has 1 amide bonds. The van der Waals surface area contributed by atoms with Gasteiger partial charge in [-0.05, 0) is 54.1 Å². The molecule has 2 N–H and O–H groups in total. The summed E-state index contributed by atoms with van der Waals surface area (Å²) in [6, 6.07) is 12.2. The average molecular weight is 397 g/mol. The number of carbonyl (C=O) groups is 1. The number of aromatic amines is 1. The predicted octanol–water partition coefficient (Wildman–Crippen LogP) is 4.09. The molecule has 2 unspecified atom stereocenters. The number of rotatable bonds is 4. The summed E-state index contributed by atoms with van der Waals surface area (Å²) in [5, 5.41) is 4.80. The zero-order valence-corrected chi connectivity index (χ0v) is 16.1. The van der Waals surface area contributed by atoms with Gasteiger partial charge in [0.25, 0.3) is 0 Å². The van der Waals surface area contributed by atoms with E-state index in [1.165, 1.54) is 0 Å². The second kappa shape index (κ2) is 7.15. The Labute approximate surface area is 168 Å². The molecule has 5 rings (SSSR count). The number of carbonyl (C=O) groups excluding carboxylic acids is 1. The Morgan fingerprint density at radius 1 is 1.25 bits per heavy atom. The Kier molecular flexibility index (Phi) is 4.49. The fraction of sp³-hybridized carbons (Fsp3) is 0.318. The van der Waals surface area contributed by atoms with Crippen molar-refractivity contribution >= 4 is 28.4 Å². The van der Waals surface area contributed by atoms with E-state index in [0.29, 0.717) is 18.2 Å². The quantitative estimate of drug-likeness (QED) is 0.698. The summed E-state index contributed by atoms with van der Waals surface area (Å²) in [6.07, 6.45) is 3.96. The smallest absolute Gasteiger partial charge is 0.249 e. The third-order valence-electron chi connectivity index (χ3n) is 5.45. The number of hydrogen-bond acceptors (Lipinski definition) is 3. The number of ether oxygens (including phenoxy) is 2. The monoisotopic (exact) mass is 396 g/mol. The molecule has 3 aromatic rings. The first-order valence-electron chi connectivity index (χ1n) is 9.63. The molecule has 0 radical (unpaired) electrons. The Morgan fingerprint density at radius 3 is 3.04 bits per heavy atom. The van der Waals surface area contributed by atoms with Gasteiger partial charge in [0.15, 0.2) is 0 Å². The minimum absolute atomic E-state index is 0.0479. The fourth-order valence-corrected chi connectivity index (χ4v) is 4.30. The lowest BCUT2D eigenvalue weighted by Gasteiger charge is -2.15. The van der Waals surface area contributed by atoms with Crippen LogP contribution in [0.4, 0.5) is 0 Å². The Balaban J connectivity index is 1.36. The van der Waals surface area contributed by atoms with Crippen molar-refractivity contribution < 1.29 is 14.3 Å². The van der Waals surface area contributed by atoms with Crippen LogP contribution in [0.5, 0.6) is 5.75 Å².